The Hall–Kier alpha value is -1.40. The molecule has 0 saturated heterocycles. The minimum atomic E-state index is -0.828. The lowest BCUT2D eigenvalue weighted by Gasteiger charge is -2.34. The number of hydrogen-bond acceptors (Lipinski definition) is 5. The second-order valence-electron chi connectivity index (χ2n) is 7.57. The number of aliphatic hydroxyl groups is 2. The molecule has 6 nitrogen and oxygen atoms in total. The first-order chi connectivity index (χ1) is 12.5. The Morgan fingerprint density at radius 3 is 2.88 bits per heavy atom. The summed E-state index contributed by atoms with van der Waals surface area (Å²) in [6.45, 7) is 2.48. The van der Waals surface area contributed by atoms with Crippen molar-refractivity contribution in [1.29, 1.82) is 0 Å². The Labute approximate surface area is 155 Å². The number of hydrogen-bond donors (Lipinski definition) is 3. The van der Waals surface area contributed by atoms with Gasteiger partial charge < -0.3 is 20.2 Å². The minimum absolute atomic E-state index is 0.0799. The van der Waals surface area contributed by atoms with Gasteiger partial charge in [-0.05, 0) is 31.6 Å². The number of aliphatic hydroxyl groups excluding tert-OH is 2. The number of oxime groups is 1. The Bertz CT molecular complexity index is 504. The topological polar surface area (TPSA) is 99.4 Å². The zero-order chi connectivity index (χ0) is 18.9. The third kappa shape index (κ3) is 6.09. The summed E-state index contributed by atoms with van der Waals surface area (Å²) in [4.78, 5) is 15.7. The van der Waals surface area contributed by atoms with E-state index in [1.54, 1.807) is 0 Å². The van der Waals surface area contributed by atoms with Crippen LogP contribution in [0.15, 0.2) is 17.3 Å². The number of carboxylic acid groups (broad SMARTS) is 1. The van der Waals surface area contributed by atoms with Crippen molar-refractivity contribution in [3.8, 4) is 0 Å². The molecule has 2 aliphatic carbocycles. The van der Waals surface area contributed by atoms with Gasteiger partial charge in [0.2, 0.25) is 0 Å². The molecule has 148 valence electrons. The third-order valence-corrected chi connectivity index (χ3v) is 5.54. The van der Waals surface area contributed by atoms with Gasteiger partial charge in [0.1, 0.15) is 6.61 Å². The lowest BCUT2D eigenvalue weighted by Crippen LogP contribution is -2.36. The van der Waals surface area contributed by atoms with Gasteiger partial charge in [-0.25, -0.2) is 0 Å². The molecule has 3 unspecified atom stereocenters. The number of carbonyl (C=O) groups is 1. The third-order valence-electron chi connectivity index (χ3n) is 5.54. The molecule has 6 heteroatoms. The van der Waals surface area contributed by atoms with E-state index in [0.717, 1.165) is 31.4 Å². The van der Waals surface area contributed by atoms with Crippen molar-refractivity contribution in [3.63, 3.8) is 0 Å². The second kappa shape index (κ2) is 10.7. The van der Waals surface area contributed by atoms with Crippen LogP contribution >= 0.6 is 0 Å². The quantitative estimate of drug-likeness (QED) is 0.280. The molecule has 2 fully saturated rings. The first-order valence-corrected chi connectivity index (χ1v) is 9.97. The van der Waals surface area contributed by atoms with E-state index in [4.69, 9.17) is 9.94 Å². The van der Waals surface area contributed by atoms with E-state index in [-0.39, 0.29) is 18.3 Å². The first kappa shape index (κ1) is 20.9. The van der Waals surface area contributed by atoms with Crippen molar-refractivity contribution in [1.82, 2.24) is 0 Å². The highest BCUT2D eigenvalue weighted by Crippen LogP contribution is 2.49. The van der Waals surface area contributed by atoms with Crippen LogP contribution in [-0.2, 0) is 9.63 Å². The van der Waals surface area contributed by atoms with E-state index in [0.29, 0.717) is 25.4 Å². The fourth-order valence-electron chi connectivity index (χ4n) is 3.97. The van der Waals surface area contributed by atoms with Crippen molar-refractivity contribution in [2.75, 3.05) is 6.61 Å². The average Bonchev–Trinajstić information content (AvgIpc) is 2.84. The molecule has 3 N–H and O–H groups in total. The SMILES string of the molecule is CCCCCCC(O)C=CC1C(O)C[C@@H]2C(=NOCCCC(=O)O)C[C@@H]12. The van der Waals surface area contributed by atoms with Gasteiger partial charge in [0.05, 0.1) is 17.9 Å². The standard InChI is InChI=1S/C20H33NO5/c1-2-3-4-5-7-14(22)9-10-15-16-12-18(17(16)13-19(15)23)21-26-11-6-8-20(24)25/h9-10,14-17,19,22-23H,2-8,11-13H2,1H3,(H,24,25)/t14?,15?,16-,17-,19?/m0/s1. The van der Waals surface area contributed by atoms with Gasteiger partial charge in [-0.2, -0.15) is 0 Å². The predicted octanol–water partition coefficient (Wildman–Crippen LogP) is 3.13. The highest BCUT2D eigenvalue weighted by Gasteiger charge is 2.51. The van der Waals surface area contributed by atoms with Crippen LogP contribution in [0.1, 0.15) is 64.7 Å². The molecular formula is C20H33NO5. The summed E-state index contributed by atoms with van der Waals surface area (Å²) in [7, 11) is 0. The van der Waals surface area contributed by atoms with Crippen LogP contribution in [0.3, 0.4) is 0 Å². The van der Waals surface area contributed by atoms with Crippen LogP contribution in [0.4, 0.5) is 0 Å². The summed E-state index contributed by atoms with van der Waals surface area (Å²) >= 11 is 0. The number of aliphatic carboxylic acids is 1. The molecule has 2 aliphatic rings. The number of rotatable bonds is 12. The summed E-state index contributed by atoms with van der Waals surface area (Å²) in [5, 5.41) is 33.1. The van der Waals surface area contributed by atoms with Gasteiger partial charge in [0.25, 0.3) is 0 Å². The lowest BCUT2D eigenvalue weighted by molar-refractivity contribution is -0.137. The lowest BCUT2D eigenvalue weighted by atomic mass is 9.71. The van der Waals surface area contributed by atoms with E-state index < -0.39 is 18.2 Å². The molecule has 0 radical (unpaired) electrons. The number of nitrogens with zero attached hydrogens (tertiary/aromatic N) is 1. The monoisotopic (exact) mass is 367 g/mol. The van der Waals surface area contributed by atoms with Gasteiger partial charge in [-0.3, -0.25) is 4.79 Å². The molecule has 0 aromatic rings. The maximum Gasteiger partial charge on any atom is 0.303 e. The highest BCUT2D eigenvalue weighted by atomic mass is 16.6. The predicted molar refractivity (Wildman–Crippen MR) is 99.9 cm³/mol. The zero-order valence-corrected chi connectivity index (χ0v) is 15.7. The van der Waals surface area contributed by atoms with Gasteiger partial charge in [0.15, 0.2) is 0 Å². The van der Waals surface area contributed by atoms with E-state index in [9.17, 15) is 15.0 Å². The molecule has 2 saturated carbocycles. The summed E-state index contributed by atoms with van der Waals surface area (Å²) in [5.41, 5.74) is 0.973. The Morgan fingerprint density at radius 2 is 2.15 bits per heavy atom. The van der Waals surface area contributed by atoms with Crippen molar-refractivity contribution in [2.45, 2.75) is 76.9 Å². The van der Waals surface area contributed by atoms with E-state index in [1.807, 2.05) is 12.2 Å². The highest BCUT2D eigenvalue weighted by molar-refractivity contribution is 5.93. The van der Waals surface area contributed by atoms with Crippen LogP contribution in [0.25, 0.3) is 0 Å². The Balaban J connectivity index is 1.71. The van der Waals surface area contributed by atoms with Crippen molar-refractivity contribution in [2.24, 2.45) is 22.9 Å². The van der Waals surface area contributed by atoms with Gasteiger partial charge in [-0.1, -0.05) is 49.9 Å². The van der Waals surface area contributed by atoms with Crippen LogP contribution < -0.4 is 0 Å². The van der Waals surface area contributed by atoms with E-state index in [1.165, 1.54) is 12.8 Å². The molecular weight excluding hydrogens is 334 g/mol. The molecule has 5 atom stereocenters. The first-order valence-electron chi connectivity index (χ1n) is 9.97. The van der Waals surface area contributed by atoms with Crippen molar-refractivity contribution < 1.29 is 25.0 Å². The number of carboxylic acids is 1. The summed E-state index contributed by atoms with van der Waals surface area (Å²) in [5.74, 6) is -0.127. The fourth-order valence-corrected chi connectivity index (χ4v) is 3.97. The zero-order valence-electron chi connectivity index (χ0n) is 15.7. The van der Waals surface area contributed by atoms with Crippen LogP contribution in [0, 0.1) is 17.8 Å². The Morgan fingerprint density at radius 1 is 1.35 bits per heavy atom. The summed E-state index contributed by atoms with van der Waals surface area (Å²) in [6, 6.07) is 0. The molecule has 0 aromatic carbocycles. The summed E-state index contributed by atoms with van der Waals surface area (Å²) < 4.78 is 0. The van der Waals surface area contributed by atoms with Gasteiger partial charge >= 0.3 is 5.97 Å². The largest absolute Gasteiger partial charge is 0.481 e. The van der Waals surface area contributed by atoms with Crippen LogP contribution in [0.5, 0.6) is 0 Å². The molecule has 0 heterocycles. The number of unbranched alkanes of at least 4 members (excludes halogenated alkanes) is 3. The van der Waals surface area contributed by atoms with Gasteiger partial charge in [0, 0.05) is 18.3 Å². The molecule has 26 heavy (non-hydrogen) atoms. The summed E-state index contributed by atoms with van der Waals surface area (Å²) in [6.07, 6.45) is 10.4. The average molecular weight is 367 g/mol. The molecule has 0 amide bonds. The second-order valence-corrected chi connectivity index (χ2v) is 7.57. The molecule has 0 aromatic heterocycles. The fraction of sp³-hybridized carbons (Fsp3) is 0.800. The molecule has 2 rings (SSSR count). The maximum absolute atomic E-state index is 10.4. The van der Waals surface area contributed by atoms with Crippen LogP contribution in [0.2, 0.25) is 0 Å². The normalized spacial score (nSPS) is 30.3. The number of fused-ring (bicyclic) bond motifs is 1. The van der Waals surface area contributed by atoms with Crippen molar-refractivity contribution >= 4 is 11.7 Å². The molecule has 0 spiro atoms. The minimum Gasteiger partial charge on any atom is -0.481 e. The van der Waals surface area contributed by atoms with Crippen LogP contribution in [-0.4, -0.2) is 45.8 Å². The maximum atomic E-state index is 10.4. The van der Waals surface area contributed by atoms with E-state index >= 15 is 0 Å². The molecule has 0 bridgehead atoms. The van der Waals surface area contributed by atoms with Gasteiger partial charge in [-0.15, -0.1) is 0 Å². The van der Waals surface area contributed by atoms with E-state index in [2.05, 4.69) is 12.1 Å². The molecule has 0 aliphatic heterocycles. The smallest absolute Gasteiger partial charge is 0.303 e. The Kier molecular flexibility index (Phi) is 8.59. The van der Waals surface area contributed by atoms with Crippen molar-refractivity contribution in [3.05, 3.63) is 12.2 Å².